The van der Waals surface area contributed by atoms with Crippen molar-refractivity contribution in [3.05, 3.63) is 38.2 Å². The second kappa shape index (κ2) is 7.32. The zero-order valence-corrected chi connectivity index (χ0v) is 17.7. The molecule has 4 nitrogen and oxygen atoms in total. The molecule has 0 spiro atoms. The normalized spacial score (nSPS) is 19.5. The molecule has 1 aromatic rings. The highest BCUT2D eigenvalue weighted by Crippen LogP contribution is 2.39. The van der Waals surface area contributed by atoms with Gasteiger partial charge in [0.05, 0.1) is 11.2 Å². The second-order valence-corrected chi connectivity index (χ2v) is 8.65. The molecule has 7 heteroatoms. The number of carbonyl (C=O) groups excluding carboxylic acids is 1. The van der Waals surface area contributed by atoms with Crippen LogP contribution in [0.1, 0.15) is 40.2 Å². The Kier molecular flexibility index (Phi) is 6.01. The summed E-state index contributed by atoms with van der Waals surface area (Å²) in [6, 6.07) is 5.93. The standard InChI is InChI=1S/C17H22BBr2NO3/c1-11(22)21-10-13(8-12-9-14(19)6-7-15(12)20)18-23-16(2,3)17(4,5)24-18/h6-9H,10H2,1-5H3,(H,21,22). The summed E-state index contributed by atoms with van der Waals surface area (Å²) in [6.45, 7) is 9.91. The number of halogens is 2. The Hall–Kier alpha value is -0.625. The Morgan fingerprint density at radius 3 is 2.33 bits per heavy atom. The predicted molar refractivity (Wildman–Crippen MR) is 105 cm³/mol. The summed E-state index contributed by atoms with van der Waals surface area (Å²) in [6.07, 6.45) is 1.99. The van der Waals surface area contributed by atoms with Crippen molar-refractivity contribution in [1.82, 2.24) is 5.32 Å². The number of carbonyl (C=O) groups is 1. The molecule has 0 radical (unpaired) electrons. The molecular formula is C17H22BBr2NO3. The molecule has 1 aromatic carbocycles. The smallest absolute Gasteiger partial charge is 0.400 e. The lowest BCUT2D eigenvalue weighted by molar-refractivity contribution is -0.118. The third-order valence-corrected chi connectivity index (χ3v) is 5.61. The van der Waals surface area contributed by atoms with Crippen LogP contribution in [0, 0.1) is 0 Å². The number of benzene rings is 1. The van der Waals surface area contributed by atoms with Crippen LogP contribution in [0.4, 0.5) is 0 Å². The molecule has 0 saturated carbocycles. The third kappa shape index (κ3) is 4.51. The number of nitrogens with one attached hydrogen (secondary N) is 1. The Morgan fingerprint density at radius 1 is 1.21 bits per heavy atom. The molecule has 130 valence electrons. The fraction of sp³-hybridized carbons (Fsp3) is 0.471. The maximum absolute atomic E-state index is 11.4. The van der Waals surface area contributed by atoms with E-state index in [1.807, 2.05) is 52.0 Å². The molecule has 24 heavy (non-hydrogen) atoms. The monoisotopic (exact) mass is 457 g/mol. The largest absolute Gasteiger partial charge is 0.492 e. The Balaban J connectivity index is 2.37. The topological polar surface area (TPSA) is 47.6 Å². The molecule has 0 aromatic heterocycles. The minimum Gasteiger partial charge on any atom is -0.400 e. The van der Waals surface area contributed by atoms with Gasteiger partial charge < -0.3 is 14.6 Å². The summed E-state index contributed by atoms with van der Waals surface area (Å²) < 4.78 is 14.2. The van der Waals surface area contributed by atoms with Crippen molar-refractivity contribution in [2.45, 2.75) is 45.8 Å². The second-order valence-electron chi connectivity index (χ2n) is 6.88. The quantitative estimate of drug-likeness (QED) is 0.682. The zero-order valence-electron chi connectivity index (χ0n) is 14.6. The highest BCUT2D eigenvalue weighted by molar-refractivity contribution is 9.11. The molecule has 2 rings (SSSR count). The molecule has 1 N–H and O–H groups in total. The van der Waals surface area contributed by atoms with Crippen molar-refractivity contribution in [3.63, 3.8) is 0 Å². The molecule has 1 aliphatic heterocycles. The zero-order chi connectivity index (χ0) is 18.1. The Bertz CT molecular complexity index is 658. The van der Waals surface area contributed by atoms with E-state index in [2.05, 4.69) is 37.2 Å². The molecule has 1 saturated heterocycles. The number of hydrogen-bond acceptors (Lipinski definition) is 3. The first-order valence-electron chi connectivity index (χ1n) is 7.77. The van der Waals surface area contributed by atoms with Crippen LogP contribution in [0.5, 0.6) is 0 Å². The van der Waals surface area contributed by atoms with Crippen LogP contribution in [-0.2, 0) is 14.1 Å². The first-order valence-corrected chi connectivity index (χ1v) is 9.36. The Morgan fingerprint density at radius 2 is 1.79 bits per heavy atom. The van der Waals surface area contributed by atoms with E-state index >= 15 is 0 Å². The fourth-order valence-electron chi connectivity index (χ4n) is 2.25. The van der Waals surface area contributed by atoms with Gasteiger partial charge >= 0.3 is 7.12 Å². The summed E-state index contributed by atoms with van der Waals surface area (Å²) >= 11 is 7.04. The molecule has 0 unspecified atom stereocenters. The van der Waals surface area contributed by atoms with Gasteiger partial charge in [-0.25, -0.2) is 0 Å². The Labute approximate surface area is 160 Å². The maximum atomic E-state index is 11.4. The van der Waals surface area contributed by atoms with Gasteiger partial charge in [0.1, 0.15) is 0 Å². The predicted octanol–water partition coefficient (Wildman–Crippen LogP) is 4.36. The number of hydrogen-bond donors (Lipinski definition) is 1. The van der Waals surface area contributed by atoms with E-state index in [1.54, 1.807) is 0 Å². The highest BCUT2D eigenvalue weighted by atomic mass is 79.9. The summed E-state index contributed by atoms with van der Waals surface area (Å²) in [4.78, 5) is 11.4. The van der Waals surface area contributed by atoms with Crippen molar-refractivity contribution in [3.8, 4) is 0 Å². The van der Waals surface area contributed by atoms with Crippen LogP contribution in [0.2, 0.25) is 0 Å². The molecule has 1 heterocycles. The lowest BCUT2D eigenvalue weighted by Crippen LogP contribution is -2.41. The summed E-state index contributed by atoms with van der Waals surface area (Å²) in [5.74, 6) is -0.0919. The summed E-state index contributed by atoms with van der Waals surface area (Å²) in [5.41, 5.74) is 0.991. The van der Waals surface area contributed by atoms with Gasteiger partial charge in [0.2, 0.25) is 5.91 Å². The SMILES string of the molecule is CC(=O)NCC(=Cc1cc(Br)ccc1Br)B1OC(C)(C)C(C)(C)O1. The van der Waals surface area contributed by atoms with Gasteiger partial charge in [0, 0.05) is 22.4 Å². The van der Waals surface area contributed by atoms with Crippen molar-refractivity contribution in [2.75, 3.05) is 6.54 Å². The number of amides is 1. The molecule has 1 amide bonds. The van der Waals surface area contributed by atoms with Gasteiger partial charge in [0.25, 0.3) is 0 Å². The van der Waals surface area contributed by atoms with E-state index in [0.29, 0.717) is 6.54 Å². The van der Waals surface area contributed by atoms with E-state index in [4.69, 9.17) is 9.31 Å². The summed E-state index contributed by atoms with van der Waals surface area (Å²) in [7, 11) is -0.507. The van der Waals surface area contributed by atoms with Crippen LogP contribution in [-0.4, -0.2) is 30.8 Å². The molecule has 0 aliphatic carbocycles. The first kappa shape index (κ1) is 19.7. The van der Waals surface area contributed by atoms with Gasteiger partial charge in [-0.15, -0.1) is 0 Å². The third-order valence-electron chi connectivity index (χ3n) is 4.40. The summed E-state index contributed by atoms with van der Waals surface area (Å²) in [5, 5.41) is 2.84. The van der Waals surface area contributed by atoms with E-state index in [1.165, 1.54) is 6.92 Å². The van der Waals surface area contributed by atoms with Crippen LogP contribution in [0.3, 0.4) is 0 Å². The minimum atomic E-state index is -0.507. The van der Waals surface area contributed by atoms with Gasteiger partial charge in [-0.1, -0.05) is 37.9 Å². The van der Waals surface area contributed by atoms with E-state index < -0.39 is 18.3 Å². The molecular weight excluding hydrogens is 437 g/mol. The van der Waals surface area contributed by atoms with E-state index in [0.717, 1.165) is 20.0 Å². The molecule has 0 bridgehead atoms. The maximum Gasteiger partial charge on any atom is 0.492 e. The van der Waals surface area contributed by atoms with Crippen LogP contribution in [0.25, 0.3) is 6.08 Å². The minimum absolute atomic E-state index is 0.0919. The van der Waals surface area contributed by atoms with Gasteiger partial charge in [0.15, 0.2) is 0 Å². The first-order chi connectivity index (χ1) is 11.0. The van der Waals surface area contributed by atoms with Crippen molar-refractivity contribution < 1.29 is 14.1 Å². The van der Waals surface area contributed by atoms with E-state index in [-0.39, 0.29) is 5.91 Å². The van der Waals surface area contributed by atoms with Gasteiger partial charge in [-0.3, -0.25) is 4.79 Å². The fourth-order valence-corrected chi connectivity index (χ4v) is 2.99. The lowest BCUT2D eigenvalue weighted by atomic mass is 9.77. The number of rotatable bonds is 4. The van der Waals surface area contributed by atoms with E-state index in [9.17, 15) is 4.79 Å². The van der Waals surface area contributed by atoms with Gasteiger partial charge in [-0.05, 0) is 56.9 Å². The van der Waals surface area contributed by atoms with Crippen molar-refractivity contribution in [1.29, 1.82) is 0 Å². The van der Waals surface area contributed by atoms with Crippen molar-refractivity contribution in [2.24, 2.45) is 0 Å². The van der Waals surface area contributed by atoms with Crippen molar-refractivity contribution >= 4 is 51.0 Å². The molecule has 0 atom stereocenters. The average Bonchev–Trinajstić information content (AvgIpc) is 2.66. The molecule has 1 fully saturated rings. The van der Waals surface area contributed by atoms with Crippen LogP contribution >= 0.6 is 31.9 Å². The van der Waals surface area contributed by atoms with Gasteiger partial charge in [-0.2, -0.15) is 0 Å². The van der Waals surface area contributed by atoms with Crippen LogP contribution < -0.4 is 5.32 Å². The lowest BCUT2D eigenvalue weighted by Gasteiger charge is -2.32. The van der Waals surface area contributed by atoms with Crippen LogP contribution in [0.15, 0.2) is 32.6 Å². The molecule has 1 aliphatic rings. The average molecular weight is 459 g/mol. The highest BCUT2D eigenvalue weighted by Gasteiger charge is 2.52.